The number of para-hydroxylation sites is 1. The molecule has 0 aliphatic carbocycles. The third-order valence-corrected chi connectivity index (χ3v) is 3.08. The lowest BCUT2D eigenvalue weighted by Gasteiger charge is -2.11. The van der Waals surface area contributed by atoms with E-state index in [0.29, 0.717) is 5.56 Å². The average Bonchev–Trinajstić information content (AvgIpc) is 2.05. The molecular weight excluding hydrogens is 236 g/mol. The van der Waals surface area contributed by atoms with Crippen LogP contribution in [0, 0.1) is 0 Å². The number of phenolic OH excluding ortho intramolecular Hbond substituents is 1. The van der Waals surface area contributed by atoms with Crippen LogP contribution in [0.15, 0.2) is 18.2 Å². The molecule has 3 nitrogen and oxygen atoms in total. The third-order valence-electron chi connectivity index (χ3n) is 2.10. The Labute approximate surface area is 94.1 Å². The van der Waals surface area contributed by atoms with Gasteiger partial charge in [0.2, 0.25) is 9.05 Å². The van der Waals surface area contributed by atoms with E-state index in [1.165, 1.54) is 0 Å². The Morgan fingerprint density at radius 3 is 2.47 bits per heavy atom. The first-order chi connectivity index (χ1) is 6.81. The number of rotatable bonds is 3. The van der Waals surface area contributed by atoms with Crippen molar-refractivity contribution in [3.05, 3.63) is 29.3 Å². The zero-order chi connectivity index (χ0) is 11.6. The predicted molar refractivity (Wildman–Crippen MR) is 60.7 cm³/mol. The lowest BCUT2D eigenvalue weighted by molar-refractivity contribution is 0.459. The van der Waals surface area contributed by atoms with E-state index in [4.69, 9.17) is 10.7 Å². The maximum Gasteiger partial charge on any atom is 0.236 e. The molecule has 15 heavy (non-hydrogen) atoms. The first-order valence-corrected chi connectivity index (χ1v) is 7.02. The van der Waals surface area contributed by atoms with E-state index in [9.17, 15) is 13.5 Å². The molecule has 1 rings (SSSR count). The summed E-state index contributed by atoms with van der Waals surface area (Å²) >= 11 is 0. The van der Waals surface area contributed by atoms with Gasteiger partial charge < -0.3 is 5.11 Å². The van der Waals surface area contributed by atoms with Crippen LogP contribution in [0.3, 0.4) is 0 Å². The fraction of sp³-hybridized carbons (Fsp3) is 0.400. The van der Waals surface area contributed by atoms with E-state index < -0.39 is 9.05 Å². The minimum Gasteiger partial charge on any atom is -0.507 e. The molecule has 1 aromatic carbocycles. The molecule has 0 fully saturated rings. The highest BCUT2D eigenvalue weighted by Crippen LogP contribution is 2.30. The third kappa shape index (κ3) is 3.39. The van der Waals surface area contributed by atoms with E-state index >= 15 is 0 Å². The van der Waals surface area contributed by atoms with Crippen LogP contribution in [0.5, 0.6) is 5.75 Å². The summed E-state index contributed by atoms with van der Waals surface area (Å²) in [6.07, 6.45) is 0. The van der Waals surface area contributed by atoms with Crippen LogP contribution < -0.4 is 0 Å². The Morgan fingerprint density at radius 2 is 2.00 bits per heavy atom. The number of aromatic hydroxyl groups is 1. The molecule has 0 aliphatic heterocycles. The molecule has 0 unspecified atom stereocenters. The molecule has 0 aromatic heterocycles. The molecule has 0 bridgehead atoms. The Morgan fingerprint density at radius 1 is 1.40 bits per heavy atom. The van der Waals surface area contributed by atoms with Gasteiger partial charge in [0.25, 0.3) is 0 Å². The molecule has 0 amide bonds. The molecule has 1 N–H and O–H groups in total. The van der Waals surface area contributed by atoms with E-state index in [2.05, 4.69) is 0 Å². The summed E-state index contributed by atoms with van der Waals surface area (Å²) < 4.78 is 21.8. The largest absolute Gasteiger partial charge is 0.507 e. The molecule has 5 heteroatoms. The zero-order valence-corrected chi connectivity index (χ0v) is 10.1. The standard InChI is InChI=1S/C10H13ClO3S/c1-7(2)9-5-3-4-8(10(9)12)6-15(11,13)14/h3-5,7,12H,6H2,1-2H3. The molecule has 1 aromatic rings. The van der Waals surface area contributed by atoms with Crippen molar-refractivity contribution in [2.45, 2.75) is 25.5 Å². The molecule has 0 radical (unpaired) electrons. The van der Waals surface area contributed by atoms with Crippen LogP contribution in [-0.4, -0.2) is 13.5 Å². The Bertz CT molecular complexity index is 452. The lowest BCUT2D eigenvalue weighted by atomic mass is 10.00. The SMILES string of the molecule is CC(C)c1cccc(CS(=O)(=O)Cl)c1O. The van der Waals surface area contributed by atoms with E-state index in [-0.39, 0.29) is 17.4 Å². The fourth-order valence-corrected chi connectivity index (χ4v) is 2.34. The van der Waals surface area contributed by atoms with Gasteiger partial charge in [-0.2, -0.15) is 0 Å². The van der Waals surface area contributed by atoms with Gasteiger partial charge in [0.05, 0.1) is 5.75 Å². The molecular formula is C10H13ClO3S. The molecule has 0 heterocycles. The second kappa shape index (κ2) is 4.41. The van der Waals surface area contributed by atoms with E-state index in [1.807, 2.05) is 13.8 Å². The number of halogens is 1. The van der Waals surface area contributed by atoms with Crippen molar-refractivity contribution in [1.29, 1.82) is 0 Å². The van der Waals surface area contributed by atoms with Crippen LogP contribution >= 0.6 is 10.7 Å². The molecule has 0 atom stereocenters. The first kappa shape index (κ1) is 12.3. The van der Waals surface area contributed by atoms with Gasteiger partial charge in [-0.1, -0.05) is 32.0 Å². The Balaban J connectivity index is 3.16. The molecule has 0 spiro atoms. The van der Waals surface area contributed by atoms with Gasteiger partial charge in [-0.25, -0.2) is 8.42 Å². The Hall–Kier alpha value is -0.740. The normalized spacial score (nSPS) is 12.0. The van der Waals surface area contributed by atoms with Gasteiger partial charge in [0.15, 0.2) is 0 Å². The summed E-state index contributed by atoms with van der Waals surface area (Å²) in [5.41, 5.74) is 1.07. The lowest BCUT2D eigenvalue weighted by Crippen LogP contribution is -1.98. The fourth-order valence-electron chi connectivity index (χ4n) is 1.38. The van der Waals surface area contributed by atoms with Crippen molar-refractivity contribution in [3.8, 4) is 5.75 Å². The van der Waals surface area contributed by atoms with Crippen molar-refractivity contribution >= 4 is 19.7 Å². The zero-order valence-electron chi connectivity index (χ0n) is 8.57. The molecule has 84 valence electrons. The number of hydrogen-bond acceptors (Lipinski definition) is 3. The predicted octanol–water partition coefficient (Wildman–Crippen LogP) is 2.58. The summed E-state index contributed by atoms with van der Waals surface area (Å²) in [5, 5.41) is 9.80. The summed E-state index contributed by atoms with van der Waals surface area (Å²) in [6, 6.07) is 5.04. The van der Waals surface area contributed by atoms with Gasteiger partial charge >= 0.3 is 0 Å². The highest BCUT2D eigenvalue weighted by Gasteiger charge is 2.14. The quantitative estimate of drug-likeness (QED) is 0.837. The van der Waals surface area contributed by atoms with Gasteiger partial charge in [0, 0.05) is 16.2 Å². The first-order valence-electron chi connectivity index (χ1n) is 4.54. The van der Waals surface area contributed by atoms with Crippen LogP contribution in [-0.2, 0) is 14.8 Å². The number of hydrogen-bond donors (Lipinski definition) is 1. The van der Waals surface area contributed by atoms with Crippen LogP contribution in [0.2, 0.25) is 0 Å². The topological polar surface area (TPSA) is 54.4 Å². The van der Waals surface area contributed by atoms with Gasteiger partial charge in [-0.15, -0.1) is 0 Å². The molecule has 0 aliphatic rings. The average molecular weight is 249 g/mol. The maximum atomic E-state index is 10.9. The monoisotopic (exact) mass is 248 g/mol. The highest BCUT2D eigenvalue weighted by molar-refractivity contribution is 8.13. The van der Waals surface area contributed by atoms with Crippen molar-refractivity contribution in [3.63, 3.8) is 0 Å². The maximum absolute atomic E-state index is 10.9. The molecule has 0 saturated carbocycles. The molecule has 0 saturated heterocycles. The van der Waals surface area contributed by atoms with Gasteiger partial charge in [-0.3, -0.25) is 0 Å². The summed E-state index contributed by atoms with van der Waals surface area (Å²) in [5.74, 6) is -0.180. The highest BCUT2D eigenvalue weighted by atomic mass is 35.7. The number of phenols is 1. The summed E-state index contributed by atoms with van der Waals surface area (Å²) in [4.78, 5) is 0. The van der Waals surface area contributed by atoms with Crippen molar-refractivity contribution in [2.24, 2.45) is 0 Å². The van der Waals surface area contributed by atoms with Crippen molar-refractivity contribution < 1.29 is 13.5 Å². The summed E-state index contributed by atoms with van der Waals surface area (Å²) in [6.45, 7) is 3.85. The van der Waals surface area contributed by atoms with Crippen LogP contribution in [0.4, 0.5) is 0 Å². The van der Waals surface area contributed by atoms with E-state index in [1.54, 1.807) is 18.2 Å². The smallest absolute Gasteiger partial charge is 0.236 e. The van der Waals surface area contributed by atoms with E-state index in [0.717, 1.165) is 5.56 Å². The van der Waals surface area contributed by atoms with Gasteiger partial charge in [-0.05, 0) is 11.5 Å². The van der Waals surface area contributed by atoms with Crippen molar-refractivity contribution in [2.75, 3.05) is 0 Å². The van der Waals surface area contributed by atoms with Gasteiger partial charge in [0.1, 0.15) is 5.75 Å². The van der Waals surface area contributed by atoms with Crippen molar-refractivity contribution in [1.82, 2.24) is 0 Å². The van der Waals surface area contributed by atoms with Crippen LogP contribution in [0.25, 0.3) is 0 Å². The summed E-state index contributed by atoms with van der Waals surface area (Å²) in [7, 11) is 1.50. The second-order valence-corrected chi connectivity index (χ2v) is 6.47. The minimum absolute atomic E-state index is 0.0247. The minimum atomic E-state index is -3.63. The second-order valence-electron chi connectivity index (χ2n) is 3.69. The Kier molecular flexibility index (Phi) is 3.62. The number of benzene rings is 1. The van der Waals surface area contributed by atoms with Crippen LogP contribution in [0.1, 0.15) is 30.9 Å².